The zero-order valence-electron chi connectivity index (χ0n) is 24.8. The number of fused-ring (bicyclic) bond motifs is 1. The number of methoxy groups -OCH3 is 1. The molecular weight excluding hydrogens is 550 g/mol. The van der Waals surface area contributed by atoms with Gasteiger partial charge in [0.15, 0.2) is 11.5 Å². The third-order valence-corrected chi connectivity index (χ3v) is 8.13. The summed E-state index contributed by atoms with van der Waals surface area (Å²) < 4.78 is 18.1. The van der Waals surface area contributed by atoms with E-state index in [9.17, 15) is 5.11 Å². The standard InChI is InChI=1S/C34H40ClN3O4/c1-34(2,3)24-5-7-25(8-6-24)37-29-10-9-26(19-28(29)35)42-31-11-14-36-30-21-33(32(40-4)20-27(30)31)41-18-17-38-15-12-23(22-39)13-16-38/h5-11,14,19-21,23,37,39H,12-13,15-18,22H2,1-4H3. The van der Waals surface area contributed by atoms with Crippen LogP contribution in [0.3, 0.4) is 0 Å². The lowest BCUT2D eigenvalue weighted by atomic mass is 9.87. The molecule has 0 saturated carbocycles. The molecule has 3 aromatic carbocycles. The van der Waals surface area contributed by atoms with Gasteiger partial charge in [-0.15, -0.1) is 0 Å². The Morgan fingerprint density at radius 3 is 2.40 bits per heavy atom. The molecule has 2 heterocycles. The fourth-order valence-corrected chi connectivity index (χ4v) is 5.38. The molecular formula is C34H40ClN3O4. The molecule has 1 aliphatic rings. The number of aromatic nitrogens is 1. The molecule has 8 heteroatoms. The highest BCUT2D eigenvalue weighted by molar-refractivity contribution is 6.33. The van der Waals surface area contributed by atoms with Gasteiger partial charge in [0.2, 0.25) is 0 Å². The van der Waals surface area contributed by atoms with E-state index in [1.165, 1.54) is 5.56 Å². The third kappa shape index (κ3) is 7.27. The number of piperidine rings is 1. The van der Waals surface area contributed by atoms with Gasteiger partial charge >= 0.3 is 0 Å². The Hall–Kier alpha value is -3.52. The number of hydrogen-bond acceptors (Lipinski definition) is 7. The third-order valence-electron chi connectivity index (χ3n) is 7.82. The number of ether oxygens (including phenoxy) is 3. The molecule has 0 atom stereocenters. The lowest BCUT2D eigenvalue weighted by Gasteiger charge is -2.30. The van der Waals surface area contributed by atoms with Crippen molar-refractivity contribution in [1.29, 1.82) is 0 Å². The fraction of sp³-hybridized carbons (Fsp3) is 0.382. The number of halogens is 1. The topological polar surface area (TPSA) is 76.1 Å². The van der Waals surface area contributed by atoms with Gasteiger partial charge in [-0.05, 0) is 79.2 Å². The summed E-state index contributed by atoms with van der Waals surface area (Å²) in [6, 6.07) is 19.6. The quantitative estimate of drug-likeness (QED) is 0.195. The van der Waals surface area contributed by atoms with Crippen LogP contribution in [0.1, 0.15) is 39.2 Å². The van der Waals surface area contributed by atoms with Gasteiger partial charge < -0.3 is 24.6 Å². The first kappa shape index (κ1) is 30.0. The number of likely N-dealkylation sites (tertiary alicyclic amines) is 1. The van der Waals surface area contributed by atoms with Crippen molar-refractivity contribution in [1.82, 2.24) is 9.88 Å². The summed E-state index contributed by atoms with van der Waals surface area (Å²) in [5, 5.41) is 14.1. The molecule has 0 spiro atoms. The Balaban J connectivity index is 1.26. The predicted molar refractivity (Wildman–Crippen MR) is 170 cm³/mol. The van der Waals surface area contributed by atoms with E-state index in [1.807, 2.05) is 30.3 Å². The highest BCUT2D eigenvalue weighted by Crippen LogP contribution is 2.38. The Labute approximate surface area is 253 Å². The second-order valence-electron chi connectivity index (χ2n) is 11.8. The first-order chi connectivity index (χ1) is 20.2. The highest BCUT2D eigenvalue weighted by Gasteiger charge is 2.19. The van der Waals surface area contributed by atoms with Crippen molar-refractivity contribution < 1.29 is 19.3 Å². The minimum atomic E-state index is 0.101. The molecule has 0 amide bonds. The molecule has 0 bridgehead atoms. The molecule has 2 N–H and O–H groups in total. The SMILES string of the molecule is COc1cc2c(Oc3ccc(Nc4ccc(C(C)(C)C)cc4)c(Cl)c3)ccnc2cc1OCCN1CCC(CO)CC1. The lowest BCUT2D eigenvalue weighted by molar-refractivity contribution is 0.118. The monoisotopic (exact) mass is 589 g/mol. The smallest absolute Gasteiger partial charge is 0.163 e. The normalized spacial score (nSPS) is 14.6. The van der Waals surface area contributed by atoms with Crippen LogP contribution in [0.5, 0.6) is 23.0 Å². The minimum absolute atomic E-state index is 0.101. The van der Waals surface area contributed by atoms with E-state index >= 15 is 0 Å². The predicted octanol–water partition coefficient (Wildman–Crippen LogP) is 7.81. The van der Waals surface area contributed by atoms with Crippen molar-refractivity contribution in [2.24, 2.45) is 5.92 Å². The highest BCUT2D eigenvalue weighted by atomic mass is 35.5. The van der Waals surface area contributed by atoms with Crippen molar-refractivity contribution in [2.75, 3.05) is 45.3 Å². The summed E-state index contributed by atoms with van der Waals surface area (Å²) in [6.07, 6.45) is 3.77. The molecule has 5 rings (SSSR count). The van der Waals surface area contributed by atoms with Crippen LogP contribution in [0.4, 0.5) is 11.4 Å². The van der Waals surface area contributed by atoms with Crippen molar-refractivity contribution in [3.8, 4) is 23.0 Å². The first-order valence-corrected chi connectivity index (χ1v) is 14.9. The van der Waals surface area contributed by atoms with Crippen LogP contribution >= 0.6 is 11.6 Å². The molecule has 222 valence electrons. The Bertz CT molecular complexity index is 1500. The molecule has 0 radical (unpaired) electrons. The molecule has 0 unspecified atom stereocenters. The average molecular weight is 590 g/mol. The maximum atomic E-state index is 9.37. The van der Waals surface area contributed by atoms with Gasteiger partial charge in [-0.3, -0.25) is 9.88 Å². The molecule has 7 nitrogen and oxygen atoms in total. The zero-order valence-corrected chi connectivity index (χ0v) is 25.6. The first-order valence-electron chi connectivity index (χ1n) is 14.5. The van der Waals surface area contributed by atoms with E-state index in [-0.39, 0.29) is 12.0 Å². The summed E-state index contributed by atoms with van der Waals surface area (Å²) in [6.45, 7) is 10.2. The fourth-order valence-electron chi connectivity index (χ4n) is 5.16. The van der Waals surface area contributed by atoms with Crippen molar-refractivity contribution in [2.45, 2.75) is 39.0 Å². The number of nitrogens with one attached hydrogen (secondary N) is 1. The summed E-state index contributed by atoms with van der Waals surface area (Å²) in [5.74, 6) is 2.95. The number of anilines is 2. The summed E-state index contributed by atoms with van der Waals surface area (Å²) in [5.41, 5.74) is 3.89. The van der Waals surface area contributed by atoms with Crippen molar-refractivity contribution in [3.05, 3.63) is 77.4 Å². The van der Waals surface area contributed by atoms with Gasteiger partial charge in [-0.2, -0.15) is 0 Å². The molecule has 1 saturated heterocycles. The number of aliphatic hydroxyl groups excluding tert-OH is 1. The van der Waals surface area contributed by atoms with Crippen LogP contribution in [-0.4, -0.2) is 54.9 Å². The second-order valence-corrected chi connectivity index (χ2v) is 12.2. The molecule has 42 heavy (non-hydrogen) atoms. The second kappa shape index (κ2) is 13.2. The van der Waals surface area contributed by atoms with E-state index < -0.39 is 0 Å². The Morgan fingerprint density at radius 1 is 0.976 bits per heavy atom. The van der Waals surface area contributed by atoms with E-state index in [2.05, 4.69) is 60.2 Å². The molecule has 0 aliphatic carbocycles. The van der Waals surface area contributed by atoms with Crippen molar-refractivity contribution in [3.63, 3.8) is 0 Å². The largest absolute Gasteiger partial charge is 0.493 e. The maximum absolute atomic E-state index is 9.37. The van der Waals surface area contributed by atoms with Gasteiger partial charge in [0.25, 0.3) is 0 Å². The van der Waals surface area contributed by atoms with Crippen LogP contribution in [0.2, 0.25) is 5.02 Å². The minimum Gasteiger partial charge on any atom is -0.493 e. The van der Waals surface area contributed by atoms with E-state index in [0.29, 0.717) is 40.5 Å². The van der Waals surface area contributed by atoms with Crippen molar-refractivity contribution >= 4 is 33.9 Å². The number of pyridine rings is 1. The van der Waals surface area contributed by atoms with E-state index in [4.69, 9.17) is 25.8 Å². The van der Waals surface area contributed by atoms with E-state index in [1.54, 1.807) is 19.4 Å². The van der Waals surface area contributed by atoms with Crippen LogP contribution in [0, 0.1) is 5.92 Å². The Kier molecular flexibility index (Phi) is 9.41. The number of rotatable bonds is 10. The van der Waals surface area contributed by atoms with Crippen LogP contribution in [0.25, 0.3) is 10.9 Å². The summed E-state index contributed by atoms with van der Waals surface area (Å²) in [4.78, 5) is 6.92. The summed E-state index contributed by atoms with van der Waals surface area (Å²) >= 11 is 6.65. The average Bonchev–Trinajstić information content (AvgIpc) is 2.98. The lowest BCUT2D eigenvalue weighted by Crippen LogP contribution is -2.37. The van der Waals surface area contributed by atoms with Gasteiger partial charge in [-0.1, -0.05) is 44.5 Å². The number of nitrogens with zero attached hydrogens (tertiary/aromatic N) is 2. The Morgan fingerprint density at radius 2 is 1.74 bits per heavy atom. The van der Waals surface area contributed by atoms with Gasteiger partial charge in [0.05, 0.1) is 23.3 Å². The van der Waals surface area contributed by atoms with Gasteiger partial charge in [0, 0.05) is 42.6 Å². The molecule has 1 fully saturated rings. The summed E-state index contributed by atoms with van der Waals surface area (Å²) in [7, 11) is 1.63. The van der Waals surface area contributed by atoms with Gasteiger partial charge in [0.1, 0.15) is 18.1 Å². The molecule has 4 aromatic rings. The maximum Gasteiger partial charge on any atom is 0.163 e. The number of aliphatic hydroxyl groups is 1. The number of hydrogen-bond donors (Lipinski definition) is 2. The number of benzene rings is 3. The van der Waals surface area contributed by atoms with Crippen LogP contribution in [-0.2, 0) is 5.41 Å². The molecule has 1 aliphatic heterocycles. The van der Waals surface area contributed by atoms with Crippen LogP contribution < -0.4 is 19.5 Å². The molecule has 1 aromatic heterocycles. The van der Waals surface area contributed by atoms with Gasteiger partial charge in [-0.25, -0.2) is 0 Å². The zero-order chi connectivity index (χ0) is 29.7. The van der Waals surface area contributed by atoms with Crippen LogP contribution in [0.15, 0.2) is 66.9 Å². The van der Waals surface area contributed by atoms with E-state index in [0.717, 1.165) is 54.8 Å².